The first-order valence-corrected chi connectivity index (χ1v) is 15.2. The van der Waals surface area contributed by atoms with Crippen LogP contribution >= 0.6 is 11.6 Å². The summed E-state index contributed by atoms with van der Waals surface area (Å²) < 4.78 is 50.3. The van der Waals surface area contributed by atoms with E-state index >= 15 is 0 Å². The highest BCUT2D eigenvalue weighted by molar-refractivity contribution is 7.80. The Balaban J connectivity index is 1.36. The lowest BCUT2D eigenvalue weighted by Gasteiger charge is -2.23. The van der Waals surface area contributed by atoms with Crippen LogP contribution in [0.5, 0.6) is 5.75 Å². The number of carbonyl (C=O) groups excluding carboxylic acids is 1. The number of hydrogen-bond acceptors (Lipinski definition) is 4. The highest BCUT2D eigenvalue weighted by Crippen LogP contribution is 2.48. The SMILES string of the molecule is CNC(=O)c1c(-c2ccc(F)cc2)oc2cc(N(Cc3ccc(OCc4ccccc4)c(Cl)c3)S(=O)O)c(C3CC3)cc12. The zero-order chi connectivity index (χ0) is 30.1. The van der Waals surface area contributed by atoms with Gasteiger partial charge in [-0.15, -0.1) is 0 Å². The van der Waals surface area contributed by atoms with Crippen LogP contribution in [0.3, 0.4) is 0 Å². The second kappa shape index (κ2) is 12.2. The van der Waals surface area contributed by atoms with Crippen molar-refractivity contribution in [2.24, 2.45) is 0 Å². The number of nitrogens with zero attached hydrogens (tertiary/aromatic N) is 1. The van der Waals surface area contributed by atoms with E-state index < -0.39 is 17.1 Å². The molecule has 5 aromatic rings. The van der Waals surface area contributed by atoms with Crippen molar-refractivity contribution in [3.8, 4) is 17.1 Å². The van der Waals surface area contributed by atoms with Gasteiger partial charge in [-0.1, -0.05) is 48.0 Å². The number of ether oxygens (including phenoxy) is 1. The molecule has 1 saturated carbocycles. The number of fused-ring (bicyclic) bond motifs is 1. The van der Waals surface area contributed by atoms with Gasteiger partial charge in [-0.2, -0.15) is 0 Å². The molecule has 1 aromatic heterocycles. The fourth-order valence-electron chi connectivity index (χ4n) is 5.13. The van der Waals surface area contributed by atoms with E-state index in [1.165, 1.54) is 23.5 Å². The Bertz CT molecular complexity index is 1820. The first-order valence-electron chi connectivity index (χ1n) is 13.7. The first-order chi connectivity index (χ1) is 20.8. The van der Waals surface area contributed by atoms with Crippen LogP contribution in [0.1, 0.15) is 45.8 Å². The van der Waals surface area contributed by atoms with Gasteiger partial charge in [0.25, 0.3) is 17.2 Å². The largest absolute Gasteiger partial charge is 0.487 e. The quantitative estimate of drug-likeness (QED) is 0.156. The molecule has 1 unspecified atom stereocenters. The normalized spacial score (nSPS) is 13.6. The molecule has 0 spiro atoms. The van der Waals surface area contributed by atoms with Gasteiger partial charge in [0.15, 0.2) is 0 Å². The number of amides is 1. The van der Waals surface area contributed by atoms with Gasteiger partial charge >= 0.3 is 0 Å². The van der Waals surface area contributed by atoms with E-state index in [-0.39, 0.29) is 18.4 Å². The van der Waals surface area contributed by atoms with Gasteiger partial charge in [0.1, 0.15) is 29.5 Å². The summed E-state index contributed by atoms with van der Waals surface area (Å²) in [6.07, 6.45) is 1.84. The monoisotopic (exact) mass is 618 g/mol. The van der Waals surface area contributed by atoms with E-state index in [0.29, 0.717) is 56.5 Å². The standard InChI is InChI=1S/C33H28ClFN2O5S/c1-36-33(38)31-26-16-25(22-8-9-22)28(17-30(26)42-32(31)23-10-12-24(35)13-11-23)37(43(39)40)18-21-7-14-29(27(34)15-21)41-19-20-5-3-2-4-6-20/h2-7,10-17,22H,8-9,18-19H2,1H3,(H,36,38)(H,39,40). The Labute approximate surface area is 255 Å². The minimum absolute atomic E-state index is 0.0842. The van der Waals surface area contributed by atoms with E-state index in [0.717, 1.165) is 24.0 Å². The van der Waals surface area contributed by atoms with Crippen LogP contribution in [0.25, 0.3) is 22.3 Å². The highest BCUT2D eigenvalue weighted by atomic mass is 35.5. The third-order valence-corrected chi connectivity index (χ3v) is 8.43. The highest BCUT2D eigenvalue weighted by Gasteiger charge is 2.32. The number of hydrogen-bond donors (Lipinski definition) is 2. The minimum atomic E-state index is -2.39. The summed E-state index contributed by atoms with van der Waals surface area (Å²) in [5, 5.41) is 3.64. The molecule has 43 heavy (non-hydrogen) atoms. The number of halogens is 2. The summed E-state index contributed by atoms with van der Waals surface area (Å²) in [7, 11) is 1.53. The Morgan fingerprint density at radius 2 is 1.81 bits per heavy atom. The first kappa shape index (κ1) is 28.9. The van der Waals surface area contributed by atoms with Crippen molar-refractivity contribution >= 4 is 45.4 Å². The molecule has 220 valence electrons. The Morgan fingerprint density at radius 1 is 1.07 bits per heavy atom. The molecule has 1 aliphatic carbocycles. The molecular weight excluding hydrogens is 591 g/mol. The third-order valence-electron chi connectivity index (χ3n) is 7.43. The van der Waals surface area contributed by atoms with Gasteiger partial charge in [-0.05, 0) is 77.9 Å². The van der Waals surface area contributed by atoms with Gasteiger partial charge < -0.3 is 14.5 Å². The smallest absolute Gasteiger partial charge is 0.262 e. The van der Waals surface area contributed by atoms with Crippen molar-refractivity contribution < 1.29 is 27.1 Å². The van der Waals surface area contributed by atoms with Crippen LogP contribution in [-0.4, -0.2) is 21.7 Å². The maximum absolute atomic E-state index is 13.7. The van der Waals surface area contributed by atoms with E-state index in [1.807, 2.05) is 42.5 Å². The van der Waals surface area contributed by atoms with Crippen molar-refractivity contribution in [2.75, 3.05) is 11.4 Å². The molecule has 0 bridgehead atoms. The Kier molecular flexibility index (Phi) is 8.21. The fourth-order valence-corrected chi connectivity index (χ4v) is 5.97. The van der Waals surface area contributed by atoms with Crippen LogP contribution in [0.15, 0.2) is 89.3 Å². The Morgan fingerprint density at radius 3 is 2.47 bits per heavy atom. The van der Waals surface area contributed by atoms with E-state index in [4.69, 9.17) is 20.8 Å². The molecule has 0 radical (unpaired) electrons. The lowest BCUT2D eigenvalue weighted by molar-refractivity contribution is 0.0964. The van der Waals surface area contributed by atoms with Crippen LogP contribution in [0.2, 0.25) is 5.02 Å². The summed E-state index contributed by atoms with van der Waals surface area (Å²) >= 11 is 4.16. The van der Waals surface area contributed by atoms with E-state index in [9.17, 15) is 17.9 Å². The molecule has 1 heterocycles. The molecule has 1 atom stereocenters. The van der Waals surface area contributed by atoms with E-state index in [2.05, 4.69) is 5.32 Å². The van der Waals surface area contributed by atoms with Crippen molar-refractivity contribution in [3.05, 3.63) is 118 Å². The molecule has 6 rings (SSSR count). The summed E-state index contributed by atoms with van der Waals surface area (Å²) in [6.45, 7) is 0.444. The average molecular weight is 619 g/mol. The lowest BCUT2D eigenvalue weighted by atomic mass is 10.00. The van der Waals surface area contributed by atoms with Crippen LogP contribution in [-0.2, 0) is 24.4 Å². The summed E-state index contributed by atoms with van der Waals surface area (Å²) in [4.78, 5) is 13.0. The zero-order valence-electron chi connectivity index (χ0n) is 23.2. The molecule has 1 amide bonds. The molecule has 10 heteroatoms. The number of furan rings is 1. The van der Waals surface area contributed by atoms with Crippen LogP contribution < -0.4 is 14.4 Å². The molecule has 1 fully saturated rings. The van der Waals surface area contributed by atoms with Crippen molar-refractivity contribution in [1.82, 2.24) is 5.32 Å². The van der Waals surface area contributed by atoms with Crippen molar-refractivity contribution in [2.45, 2.75) is 31.9 Å². The third kappa shape index (κ3) is 6.15. The molecular formula is C33H28ClFN2O5S. The number of carbonyl (C=O) groups is 1. The van der Waals surface area contributed by atoms with Gasteiger partial charge in [-0.3, -0.25) is 13.7 Å². The molecule has 2 N–H and O–H groups in total. The van der Waals surface area contributed by atoms with Crippen LogP contribution in [0.4, 0.5) is 10.1 Å². The number of benzene rings is 4. The van der Waals surface area contributed by atoms with Crippen molar-refractivity contribution in [3.63, 3.8) is 0 Å². The fraction of sp³-hybridized carbons (Fsp3) is 0.182. The molecule has 4 aromatic carbocycles. The number of anilines is 1. The maximum atomic E-state index is 13.7. The predicted molar refractivity (Wildman–Crippen MR) is 166 cm³/mol. The lowest BCUT2D eigenvalue weighted by Crippen LogP contribution is -2.25. The summed E-state index contributed by atoms with van der Waals surface area (Å²) in [5.74, 6) is 0.222. The predicted octanol–water partition coefficient (Wildman–Crippen LogP) is 7.85. The minimum Gasteiger partial charge on any atom is -0.487 e. The maximum Gasteiger partial charge on any atom is 0.262 e. The topological polar surface area (TPSA) is 92.0 Å². The number of rotatable bonds is 10. The van der Waals surface area contributed by atoms with Crippen LogP contribution in [0, 0.1) is 5.82 Å². The number of nitrogens with one attached hydrogen (secondary N) is 1. The van der Waals surface area contributed by atoms with Crippen molar-refractivity contribution in [1.29, 1.82) is 0 Å². The van der Waals surface area contributed by atoms with Gasteiger partial charge in [-0.25, -0.2) is 8.60 Å². The average Bonchev–Trinajstić information content (AvgIpc) is 3.79. The second-order valence-corrected chi connectivity index (χ2v) is 11.7. The molecule has 0 saturated heterocycles. The molecule has 0 aliphatic heterocycles. The van der Waals surface area contributed by atoms with E-state index in [1.54, 1.807) is 30.3 Å². The van der Waals surface area contributed by atoms with Gasteiger partial charge in [0.05, 0.1) is 22.8 Å². The van der Waals surface area contributed by atoms with Gasteiger partial charge in [0, 0.05) is 24.1 Å². The molecule has 7 nitrogen and oxygen atoms in total. The second-order valence-electron chi connectivity index (χ2n) is 10.4. The Hall–Kier alpha value is -4.18. The molecule has 1 aliphatic rings. The summed E-state index contributed by atoms with van der Waals surface area (Å²) in [6, 6.07) is 24.3. The zero-order valence-corrected chi connectivity index (χ0v) is 24.8. The summed E-state index contributed by atoms with van der Waals surface area (Å²) in [5.41, 5.74) is 4.33. The van der Waals surface area contributed by atoms with Gasteiger partial charge in [0.2, 0.25) is 0 Å².